The molecule has 1 N–H and O–H groups in total. The first-order chi connectivity index (χ1) is 15.1. The summed E-state index contributed by atoms with van der Waals surface area (Å²) < 4.78 is 4.67. The summed E-state index contributed by atoms with van der Waals surface area (Å²) in [6.45, 7) is 6.01. The molecule has 3 rings (SSSR count). The lowest BCUT2D eigenvalue weighted by Crippen LogP contribution is -2.31. The van der Waals surface area contributed by atoms with Crippen LogP contribution in [-0.2, 0) is 19.1 Å². The number of benzene rings is 2. The summed E-state index contributed by atoms with van der Waals surface area (Å²) in [7, 11) is 1.29. The second-order valence-electron chi connectivity index (χ2n) is 8.73. The topological polar surface area (TPSA) is 92.8 Å². The third-order valence-corrected chi connectivity index (χ3v) is 5.96. The predicted molar refractivity (Wildman–Crippen MR) is 124 cm³/mol. The van der Waals surface area contributed by atoms with Crippen molar-refractivity contribution < 1.29 is 23.9 Å². The summed E-state index contributed by atoms with van der Waals surface area (Å²) in [4.78, 5) is 51.0. The number of nitrogens with one attached hydrogen (secondary N) is 1. The zero-order valence-corrected chi connectivity index (χ0v) is 19.3. The molecule has 0 bridgehead atoms. The van der Waals surface area contributed by atoms with Gasteiger partial charge in [-0.1, -0.05) is 20.8 Å². The van der Waals surface area contributed by atoms with Crippen molar-refractivity contribution in [2.45, 2.75) is 43.8 Å². The van der Waals surface area contributed by atoms with E-state index < -0.39 is 11.2 Å². The Morgan fingerprint density at radius 2 is 1.69 bits per heavy atom. The summed E-state index contributed by atoms with van der Waals surface area (Å²) in [6.07, 6.45) is 0.505. The van der Waals surface area contributed by atoms with Crippen LogP contribution in [0.4, 0.5) is 11.4 Å². The fourth-order valence-corrected chi connectivity index (χ4v) is 4.35. The number of rotatable bonds is 6. The fourth-order valence-electron chi connectivity index (χ4n) is 3.30. The van der Waals surface area contributed by atoms with Crippen molar-refractivity contribution in [3.05, 3.63) is 54.1 Å². The zero-order chi connectivity index (χ0) is 23.5. The summed E-state index contributed by atoms with van der Waals surface area (Å²) in [6, 6.07) is 13.4. The van der Waals surface area contributed by atoms with E-state index in [1.807, 2.05) is 32.9 Å². The molecule has 0 aromatic heterocycles. The van der Waals surface area contributed by atoms with Crippen LogP contribution in [0.5, 0.6) is 0 Å². The van der Waals surface area contributed by atoms with Gasteiger partial charge < -0.3 is 10.1 Å². The van der Waals surface area contributed by atoms with E-state index >= 15 is 0 Å². The first kappa shape index (κ1) is 23.5. The number of ether oxygens (including phenoxy) is 1. The summed E-state index contributed by atoms with van der Waals surface area (Å²) >= 11 is 1.31. The van der Waals surface area contributed by atoms with E-state index in [2.05, 4.69) is 10.1 Å². The minimum absolute atomic E-state index is 0.0525. The zero-order valence-electron chi connectivity index (χ0n) is 18.5. The highest BCUT2D eigenvalue weighted by Gasteiger charge is 2.40. The smallest absolute Gasteiger partial charge is 0.337 e. The molecule has 1 heterocycles. The van der Waals surface area contributed by atoms with E-state index in [0.717, 1.165) is 9.80 Å². The SMILES string of the molecule is COC(=O)c1ccc(N2C(=O)CC(Sc3ccc(NC(=O)CC(C)(C)C)cc3)C2=O)cc1. The molecule has 0 radical (unpaired) electrons. The van der Waals surface area contributed by atoms with Crippen LogP contribution in [0.3, 0.4) is 0 Å². The molecule has 2 aromatic carbocycles. The molecule has 0 spiro atoms. The van der Waals surface area contributed by atoms with Crippen LogP contribution in [0, 0.1) is 5.41 Å². The predicted octanol–water partition coefficient (Wildman–Crippen LogP) is 4.27. The monoisotopic (exact) mass is 454 g/mol. The maximum atomic E-state index is 12.9. The average Bonchev–Trinajstić information content (AvgIpc) is 3.00. The number of methoxy groups -OCH3 is 1. The number of carbonyl (C=O) groups is 4. The molecule has 0 aliphatic carbocycles. The number of carbonyl (C=O) groups excluding carboxylic acids is 4. The van der Waals surface area contributed by atoms with Crippen LogP contribution in [0.1, 0.15) is 44.0 Å². The van der Waals surface area contributed by atoms with Gasteiger partial charge in [0.2, 0.25) is 17.7 Å². The molecule has 32 heavy (non-hydrogen) atoms. The van der Waals surface area contributed by atoms with Gasteiger partial charge in [0, 0.05) is 23.4 Å². The van der Waals surface area contributed by atoms with E-state index in [9.17, 15) is 19.2 Å². The molecule has 1 aliphatic rings. The highest BCUT2D eigenvalue weighted by molar-refractivity contribution is 8.00. The minimum atomic E-state index is -0.538. The van der Waals surface area contributed by atoms with Crippen LogP contribution < -0.4 is 10.2 Å². The molecule has 7 nitrogen and oxygen atoms in total. The number of hydrogen-bond donors (Lipinski definition) is 1. The minimum Gasteiger partial charge on any atom is -0.465 e. The van der Waals surface area contributed by atoms with E-state index in [1.165, 1.54) is 31.0 Å². The van der Waals surface area contributed by atoms with Gasteiger partial charge in [0.15, 0.2) is 0 Å². The Hall–Kier alpha value is -3.13. The average molecular weight is 455 g/mol. The van der Waals surface area contributed by atoms with Crippen molar-refractivity contribution in [1.82, 2.24) is 0 Å². The van der Waals surface area contributed by atoms with Crippen molar-refractivity contribution in [2.75, 3.05) is 17.3 Å². The van der Waals surface area contributed by atoms with Gasteiger partial charge in [-0.05, 0) is 53.9 Å². The maximum absolute atomic E-state index is 12.9. The lowest BCUT2D eigenvalue weighted by molar-refractivity contribution is -0.121. The number of esters is 1. The van der Waals surface area contributed by atoms with E-state index in [4.69, 9.17) is 0 Å². The third kappa shape index (κ3) is 5.76. The van der Waals surface area contributed by atoms with Crippen LogP contribution in [0.2, 0.25) is 0 Å². The number of nitrogens with zero attached hydrogens (tertiary/aromatic N) is 1. The molecule has 1 saturated heterocycles. The summed E-state index contributed by atoms with van der Waals surface area (Å²) in [5.74, 6) is -1.12. The van der Waals surface area contributed by atoms with Gasteiger partial charge in [-0.15, -0.1) is 11.8 Å². The van der Waals surface area contributed by atoms with Crippen LogP contribution in [0.25, 0.3) is 0 Å². The van der Waals surface area contributed by atoms with Gasteiger partial charge in [0.05, 0.1) is 23.6 Å². The molecule has 2 aromatic rings. The van der Waals surface area contributed by atoms with Gasteiger partial charge in [0.25, 0.3) is 0 Å². The number of thioether (sulfide) groups is 1. The molecule has 0 saturated carbocycles. The highest BCUT2D eigenvalue weighted by Crippen LogP contribution is 2.34. The van der Waals surface area contributed by atoms with Crippen molar-refractivity contribution in [2.24, 2.45) is 5.41 Å². The van der Waals surface area contributed by atoms with E-state index in [1.54, 1.807) is 24.3 Å². The molecule has 1 aliphatic heterocycles. The van der Waals surface area contributed by atoms with Crippen LogP contribution in [0.15, 0.2) is 53.4 Å². The van der Waals surface area contributed by atoms with Crippen molar-refractivity contribution in [1.29, 1.82) is 0 Å². The number of hydrogen-bond acceptors (Lipinski definition) is 6. The molecule has 3 amide bonds. The largest absolute Gasteiger partial charge is 0.465 e. The summed E-state index contributed by atoms with van der Waals surface area (Å²) in [5, 5.41) is 2.33. The third-order valence-electron chi connectivity index (χ3n) is 4.76. The first-order valence-electron chi connectivity index (χ1n) is 10.2. The summed E-state index contributed by atoms with van der Waals surface area (Å²) in [5.41, 5.74) is 1.36. The maximum Gasteiger partial charge on any atom is 0.337 e. The number of anilines is 2. The Kier molecular flexibility index (Phi) is 7.03. The molecule has 1 fully saturated rings. The lowest BCUT2D eigenvalue weighted by Gasteiger charge is -2.17. The van der Waals surface area contributed by atoms with Gasteiger partial charge in [-0.2, -0.15) is 0 Å². The lowest BCUT2D eigenvalue weighted by atomic mass is 9.92. The van der Waals surface area contributed by atoms with E-state index in [0.29, 0.717) is 23.4 Å². The van der Waals surface area contributed by atoms with Crippen molar-refractivity contribution in [3.8, 4) is 0 Å². The molecule has 1 unspecified atom stereocenters. The second kappa shape index (κ2) is 9.56. The van der Waals surface area contributed by atoms with Crippen LogP contribution >= 0.6 is 11.8 Å². The van der Waals surface area contributed by atoms with Crippen molar-refractivity contribution in [3.63, 3.8) is 0 Å². The Labute approximate surface area is 191 Å². The first-order valence-corrected chi connectivity index (χ1v) is 11.1. The Morgan fingerprint density at radius 3 is 2.25 bits per heavy atom. The normalized spacial score (nSPS) is 16.2. The molecular weight excluding hydrogens is 428 g/mol. The highest BCUT2D eigenvalue weighted by atomic mass is 32.2. The Bertz CT molecular complexity index is 1030. The second-order valence-corrected chi connectivity index (χ2v) is 10.0. The Balaban J connectivity index is 1.64. The Morgan fingerprint density at radius 1 is 1.06 bits per heavy atom. The van der Waals surface area contributed by atoms with Gasteiger partial charge in [-0.3, -0.25) is 14.4 Å². The quantitative estimate of drug-likeness (QED) is 0.518. The number of imide groups is 1. The fraction of sp³-hybridized carbons (Fsp3) is 0.333. The van der Waals surface area contributed by atoms with Gasteiger partial charge >= 0.3 is 5.97 Å². The van der Waals surface area contributed by atoms with Crippen molar-refractivity contribution >= 4 is 46.8 Å². The van der Waals surface area contributed by atoms with Gasteiger partial charge in [0.1, 0.15) is 0 Å². The molecule has 1 atom stereocenters. The van der Waals surface area contributed by atoms with E-state index in [-0.39, 0.29) is 29.6 Å². The molecule has 8 heteroatoms. The van der Waals surface area contributed by atoms with Crippen LogP contribution in [-0.4, -0.2) is 36.1 Å². The number of amides is 3. The standard InChI is InChI=1S/C24H26N2O5S/c1-24(2,3)14-20(27)25-16-7-11-18(12-8-16)32-19-13-21(28)26(22(19)29)17-9-5-15(6-10-17)23(30)31-4/h5-12,19H,13-14H2,1-4H3,(H,25,27). The van der Waals surface area contributed by atoms with Gasteiger partial charge in [-0.25, -0.2) is 9.69 Å². The molecular formula is C24H26N2O5S. The molecule has 168 valence electrons.